The number of carbonyl (C=O) groups excluding carboxylic acids is 1. The molecular formula is C23H20FN3O2. The number of urea groups is 1. The molecule has 0 heterocycles. The predicted molar refractivity (Wildman–Crippen MR) is 110 cm³/mol. The Morgan fingerprint density at radius 1 is 1.03 bits per heavy atom. The van der Waals surface area contributed by atoms with Gasteiger partial charge in [0.2, 0.25) is 0 Å². The highest BCUT2D eigenvalue weighted by Gasteiger charge is 2.14. The lowest BCUT2D eigenvalue weighted by Gasteiger charge is -2.22. The molecule has 6 heteroatoms. The van der Waals surface area contributed by atoms with Crippen molar-refractivity contribution in [2.24, 2.45) is 0 Å². The molecule has 2 N–H and O–H groups in total. The Balaban J connectivity index is 1.74. The molecule has 3 rings (SSSR count). The number of rotatable bonds is 6. The minimum Gasteiger partial charge on any atom is -0.395 e. The number of aliphatic hydroxyl groups is 1. The van der Waals surface area contributed by atoms with Crippen LogP contribution in [0.15, 0.2) is 72.8 Å². The second-order valence-electron chi connectivity index (χ2n) is 6.48. The van der Waals surface area contributed by atoms with Gasteiger partial charge in [0.25, 0.3) is 0 Å². The van der Waals surface area contributed by atoms with E-state index in [0.29, 0.717) is 16.8 Å². The molecule has 0 aromatic heterocycles. The molecule has 0 aliphatic rings. The van der Waals surface area contributed by atoms with Crippen LogP contribution < -0.4 is 5.32 Å². The van der Waals surface area contributed by atoms with E-state index in [1.54, 1.807) is 30.3 Å². The Labute approximate surface area is 168 Å². The van der Waals surface area contributed by atoms with Crippen LogP contribution in [0, 0.1) is 17.1 Å². The summed E-state index contributed by atoms with van der Waals surface area (Å²) in [6.45, 7) is 0.102. The Bertz CT molecular complexity index is 1030. The SMILES string of the molecule is N#Cc1ccc(-c2cccc(NC(=O)N(CCO)Cc3cccc(F)c3)c2)cc1. The molecule has 0 bridgehead atoms. The monoisotopic (exact) mass is 389 g/mol. The molecule has 0 saturated carbocycles. The average molecular weight is 389 g/mol. The van der Waals surface area contributed by atoms with Crippen LogP contribution >= 0.6 is 0 Å². The molecule has 0 spiro atoms. The van der Waals surface area contributed by atoms with E-state index in [2.05, 4.69) is 11.4 Å². The number of hydrogen-bond acceptors (Lipinski definition) is 3. The van der Waals surface area contributed by atoms with Crippen molar-refractivity contribution in [2.45, 2.75) is 6.54 Å². The average Bonchev–Trinajstić information content (AvgIpc) is 2.74. The first-order valence-electron chi connectivity index (χ1n) is 9.11. The van der Waals surface area contributed by atoms with E-state index >= 15 is 0 Å². The summed E-state index contributed by atoms with van der Waals surface area (Å²) >= 11 is 0. The molecule has 3 aromatic carbocycles. The van der Waals surface area contributed by atoms with Crippen molar-refractivity contribution in [1.29, 1.82) is 5.26 Å². The van der Waals surface area contributed by atoms with Gasteiger partial charge < -0.3 is 15.3 Å². The third-order valence-electron chi connectivity index (χ3n) is 4.38. The maximum Gasteiger partial charge on any atom is 0.322 e. The van der Waals surface area contributed by atoms with Crippen LogP contribution in [0.1, 0.15) is 11.1 Å². The second kappa shape index (κ2) is 9.49. The molecule has 0 aliphatic carbocycles. The first-order chi connectivity index (χ1) is 14.1. The minimum atomic E-state index is -0.389. The maximum absolute atomic E-state index is 13.4. The maximum atomic E-state index is 13.4. The number of carbonyl (C=O) groups is 1. The summed E-state index contributed by atoms with van der Waals surface area (Å²) in [6, 6.07) is 22.2. The number of halogens is 1. The topological polar surface area (TPSA) is 76.4 Å². The summed E-state index contributed by atoms with van der Waals surface area (Å²) in [7, 11) is 0. The van der Waals surface area contributed by atoms with Gasteiger partial charge in [0.05, 0.1) is 18.2 Å². The molecule has 2 amide bonds. The zero-order valence-corrected chi connectivity index (χ0v) is 15.7. The normalized spacial score (nSPS) is 10.2. The summed E-state index contributed by atoms with van der Waals surface area (Å²) in [5, 5.41) is 21.0. The summed E-state index contributed by atoms with van der Waals surface area (Å²) in [6.07, 6.45) is 0. The van der Waals surface area contributed by atoms with Gasteiger partial charge in [-0.3, -0.25) is 0 Å². The van der Waals surface area contributed by atoms with E-state index < -0.39 is 0 Å². The Kier molecular flexibility index (Phi) is 6.56. The smallest absolute Gasteiger partial charge is 0.322 e. The fourth-order valence-electron chi connectivity index (χ4n) is 2.95. The Morgan fingerprint density at radius 3 is 2.48 bits per heavy atom. The van der Waals surface area contributed by atoms with Gasteiger partial charge in [0.15, 0.2) is 0 Å². The third kappa shape index (κ3) is 5.41. The standard InChI is InChI=1S/C23H20FN3O2/c24-21-5-1-3-18(13-21)16-27(11-12-28)23(29)26-22-6-2-4-20(14-22)19-9-7-17(15-25)8-10-19/h1-10,13-14,28H,11-12,16H2,(H,26,29). The van der Waals surface area contributed by atoms with Crippen molar-refractivity contribution in [3.05, 3.63) is 89.7 Å². The van der Waals surface area contributed by atoms with Gasteiger partial charge in [-0.05, 0) is 53.1 Å². The molecule has 29 heavy (non-hydrogen) atoms. The first kappa shape index (κ1) is 20.1. The van der Waals surface area contributed by atoms with Crippen LogP contribution in [-0.2, 0) is 6.54 Å². The van der Waals surface area contributed by atoms with Crippen molar-refractivity contribution in [3.63, 3.8) is 0 Å². The van der Waals surface area contributed by atoms with Gasteiger partial charge in [-0.2, -0.15) is 5.26 Å². The number of nitrogens with one attached hydrogen (secondary N) is 1. The largest absolute Gasteiger partial charge is 0.395 e. The Hall–Kier alpha value is -3.69. The lowest BCUT2D eigenvalue weighted by Crippen LogP contribution is -2.36. The Morgan fingerprint density at radius 2 is 1.79 bits per heavy atom. The number of anilines is 1. The number of benzene rings is 3. The van der Waals surface area contributed by atoms with Crippen molar-refractivity contribution in [3.8, 4) is 17.2 Å². The van der Waals surface area contributed by atoms with Gasteiger partial charge in [0.1, 0.15) is 5.82 Å². The molecule has 5 nitrogen and oxygen atoms in total. The summed E-state index contributed by atoms with van der Waals surface area (Å²) in [5.74, 6) is -0.373. The number of nitrogens with zero attached hydrogens (tertiary/aromatic N) is 2. The predicted octanol–water partition coefficient (Wildman–Crippen LogP) is 4.39. The highest BCUT2D eigenvalue weighted by Crippen LogP contribution is 2.23. The van der Waals surface area contributed by atoms with Crippen molar-refractivity contribution < 1.29 is 14.3 Å². The summed E-state index contributed by atoms with van der Waals surface area (Å²) in [4.78, 5) is 14.1. The summed E-state index contributed by atoms with van der Waals surface area (Å²) in [5.41, 5.74) is 3.63. The van der Waals surface area contributed by atoms with Crippen LogP contribution in [0.5, 0.6) is 0 Å². The quantitative estimate of drug-likeness (QED) is 0.656. The number of hydrogen-bond donors (Lipinski definition) is 2. The lowest BCUT2D eigenvalue weighted by atomic mass is 10.0. The molecular weight excluding hydrogens is 369 g/mol. The van der Waals surface area contributed by atoms with E-state index in [1.165, 1.54) is 17.0 Å². The highest BCUT2D eigenvalue weighted by molar-refractivity contribution is 5.90. The van der Waals surface area contributed by atoms with Crippen LogP contribution in [0.3, 0.4) is 0 Å². The zero-order chi connectivity index (χ0) is 20.6. The van der Waals surface area contributed by atoms with Crippen LogP contribution in [0.2, 0.25) is 0 Å². The van der Waals surface area contributed by atoms with E-state index in [1.807, 2.05) is 30.3 Å². The van der Waals surface area contributed by atoms with Gasteiger partial charge >= 0.3 is 6.03 Å². The van der Waals surface area contributed by atoms with Crippen LogP contribution in [-0.4, -0.2) is 29.2 Å². The number of aliphatic hydroxyl groups excluding tert-OH is 1. The van der Waals surface area contributed by atoms with Crippen molar-refractivity contribution in [2.75, 3.05) is 18.5 Å². The van der Waals surface area contributed by atoms with Crippen molar-refractivity contribution in [1.82, 2.24) is 4.90 Å². The number of nitriles is 1. The molecule has 0 radical (unpaired) electrons. The number of amides is 2. The van der Waals surface area contributed by atoms with Crippen LogP contribution in [0.25, 0.3) is 11.1 Å². The van der Waals surface area contributed by atoms with E-state index in [4.69, 9.17) is 5.26 Å². The fraction of sp³-hybridized carbons (Fsp3) is 0.130. The fourth-order valence-corrected chi connectivity index (χ4v) is 2.95. The first-order valence-corrected chi connectivity index (χ1v) is 9.11. The van der Waals surface area contributed by atoms with Crippen LogP contribution in [0.4, 0.5) is 14.9 Å². The van der Waals surface area contributed by atoms with E-state index in [0.717, 1.165) is 11.1 Å². The van der Waals surface area contributed by atoms with Gasteiger partial charge in [-0.1, -0.05) is 36.4 Å². The van der Waals surface area contributed by atoms with Gasteiger partial charge in [-0.25, -0.2) is 9.18 Å². The summed E-state index contributed by atoms with van der Waals surface area (Å²) < 4.78 is 13.4. The van der Waals surface area contributed by atoms with Crippen molar-refractivity contribution >= 4 is 11.7 Å². The molecule has 146 valence electrons. The van der Waals surface area contributed by atoms with Gasteiger partial charge in [-0.15, -0.1) is 0 Å². The van der Waals surface area contributed by atoms with Gasteiger partial charge in [0, 0.05) is 18.8 Å². The molecule has 0 unspecified atom stereocenters. The minimum absolute atomic E-state index is 0.123. The molecule has 0 fully saturated rings. The third-order valence-corrected chi connectivity index (χ3v) is 4.38. The molecule has 0 atom stereocenters. The molecule has 3 aromatic rings. The lowest BCUT2D eigenvalue weighted by molar-refractivity contribution is 0.185. The highest BCUT2D eigenvalue weighted by atomic mass is 19.1. The van der Waals surface area contributed by atoms with E-state index in [9.17, 15) is 14.3 Å². The molecule has 0 aliphatic heterocycles. The zero-order valence-electron chi connectivity index (χ0n) is 15.7. The van der Waals surface area contributed by atoms with E-state index in [-0.39, 0.29) is 31.5 Å². The second-order valence-corrected chi connectivity index (χ2v) is 6.48. The molecule has 0 saturated heterocycles.